The molecule has 2 aromatic heterocycles. The Hall–Kier alpha value is -1.46. The van der Waals surface area contributed by atoms with Crippen LogP contribution >= 0.6 is 11.6 Å². The van der Waals surface area contributed by atoms with Crippen LogP contribution in [0.2, 0.25) is 5.22 Å². The van der Waals surface area contributed by atoms with Gasteiger partial charge in [-0.3, -0.25) is 4.79 Å². The number of halogens is 1. The molecule has 0 bridgehead atoms. The first kappa shape index (κ1) is 12.6. The molecular weight excluding hydrogens is 266 g/mol. The lowest BCUT2D eigenvalue weighted by atomic mass is 10.2. The third-order valence-electron chi connectivity index (χ3n) is 3.69. The third kappa shape index (κ3) is 2.24. The van der Waals surface area contributed by atoms with Crippen LogP contribution in [-0.2, 0) is 0 Å². The van der Waals surface area contributed by atoms with Gasteiger partial charge in [0.25, 0.3) is 5.91 Å². The number of aromatic nitrogens is 1. The van der Waals surface area contributed by atoms with Gasteiger partial charge in [-0.15, -0.1) is 0 Å². The van der Waals surface area contributed by atoms with Crippen LogP contribution in [0.5, 0.6) is 0 Å². The standard InChI is InChI=1S/C13H16ClN3O2/c1-16(2)8-3-4-17(7-8)13(18)10-5-11-9(15-10)6-12(14)19-11/h5-6,8,15H,3-4,7H2,1-2H3/t8-/m1/s1. The van der Waals surface area contributed by atoms with E-state index >= 15 is 0 Å². The molecule has 102 valence electrons. The molecule has 0 unspecified atom stereocenters. The first-order valence-corrected chi connectivity index (χ1v) is 6.66. The number of nitrogens with zero attached hydrogens (tertiary/aromatic N) is 2. The van der Waals surface area contributed by atoms with Gasteiger partial charge in [0.1, 0.15) is 5.69 Å². The lowest BCUT2D eigenvalue weighted by Gasteiger charge is -2.20. The smallest absolute Gasteiger partial charge is 0.270 e. The number of furan rings is 1. The molecule has 19 heavy (non-hydrogen) atoms. The highest BCUT2D eigenvalue weighted by Gasteiger charge is 2.29. The van der Waals surface area contributed by atoms with Crippen LogP contribution < -0.4 is 0 Å². The molecule has 1 fully saturated rings. The van der Waals surface area contributed by atoms with Gasteiger partial charge < -0.3 is 19.2 Å². The van der Waals surface area contributed by atoms with Gasteiger partial charge in [-0.2, -0.15) is 0 Å². The van der Waals surface area contributed by atoms with E-state index in [0.29, 0.717) is 22.5 Å². The van der Waals surface area contributed by atoms with Crippen molar-refractivity contribution in [1.82, 2.24) is 14.8 Å². The average Bonchev–Trinajstić information content (AvgIpc) is 3.00. The number of aromatic amines is 1. The van der Waals surface area contributed by atoms with E-state index in [1.165, 1.54) is 0 Å². The molecule has 0 aromatic carbocycles. The summed E-state index contributed by atoms with van der Waals surface area (Å²) in [7, 11) is 4.09. The maximum atomic E-state index is 12.4. The number of carbonyl (C=O) groups is 1. The second-order valence-corrected chi connectivity index (χ2v) is 5.54. The maximum absolute atomic E-state index is 12.4. The van der Waals surface area contributed by atoms with E-state index in [2.05, 4.69) is 9.88 Å². The quantitative estimate of drug-likeness (QED) is 0.918. The summed E-state index contributed by atoms with van der Waals surface area (Å²) in [6.07, 6.45) is 1.02. The minimum atomic E-state index is 0.0203. The highest BCUT2D eigenvalue weighted by molar-refractivity contribution is 6.29. The van der Waals surface area contributed by atoms with Crippen molar-refractivity contribution in [3.8, 4) is 0 Å². The molecule has 0 spiro atoms. The number of nitrogens with one attached hydrogen (secondary N) is 1. The maximum Gasteiger partial charge on any atom is 0.270 e. The molecule has 1 atom stereocenters. The molecule has 0 radical (unpaired) electrons. The molecule has 3 rings (SSSR count). The van der Waals surface area contributed by atoms with Crippen molar-refractivity contribution >= 4 is 28.6 Å². The molecule has 1 aliphatic rings. The molecule has 0 saturated carbocycles. The number of likely N-dealkylation sites (N-methyl/N-ethyl adjacent to an activating group) is 1. The summed E-state index contributed by atoms with van der Waals surface area (Å²) >= 11 is 5.75. The lowest BCUT2D eigenvalue weighted by Crippen LogP contribution is -2.34. The van der Waals surface area contributed by atoms with E-state index in [0.717, 1.165) is 25.0 Å². The summed E-state index contributed by atoms with van der Waals surface area (Å²) < 4.78 is 5.28. The van der Waals surface area contributed by atoms with Crippen LogP contribution in [-0.4, -0.2) is 53.9 Å². The van der Waals surface area contributed by atoms with Gasteiger partial charge in [-0.05, 0) is 32.1 Å². The lowest BCUT2D eigenvalue weighted by molar-refractivity contribution is 0.0778. The largest absolute Gasteiger partial charge is 0.443 e. The number of hydrogen-bond donors (Lipinski definition) is 1. The Bertz CT molecular complexity index is 585. The number of fused-ring (bicyclic) bond motifs is 1. The van der Waals surface area contributed by atoms with E-state index < -0.39 is 0 Å². The summed E-state index contributed by atoms with van der Waals surface area (Å²) in [5.41, 5.74) is 1.94. The van der Waals surface area contributed by atoms with Crippen LogP contribution in [0.4, 0.5) is 0 Å². The first-order valence-electron chi connectivity index (χ1n) is 6.28. The van der Waals surface area contributed by atoms with Gasteiger partial charge in [-0.1, -0.05) is 0 Å². The SMILES string of the molecule is CN(C)[C@@H]1CCN(C(=O)c2cc3oc(Cl)cc3[nH]2)C1. The summed E-state index contributed by atoms with van der Waals surface area (Å²) in [5, 5.41) is 0.328. The van der Waals surface area contributed by atoms with Crippen LogP contribution in [0.3, 0.4) is 0 Å². The number of hydrogen-bond acceptors (Lipinski definition) is 3. The Balaban J connectivity index is 1.78. The minimum Gasteiger partial charge on any atom is -0.443 e. The van der Waals surface area contributed by atoms with Crippen molar-refractivity contribution in [2.75, 3.05) is 27.2 Å². The van der Waals surface area contributed by atoms with E-state index in [1.807, 2.05) is 19.0 Å². The Labute approximate surface area is 116 Å². The molecule has 0 aliphatic carbocycles. The van der Waals surface area contributed by atoms with Crippen LogP contribution in [0.1, 0.15) is 16.9 Å². The first-order chi connectivity index (χ1) is 9.04. The van der Waals surface area contributed by atoms with Crippen LogP contribution in [0.15, 0.2) is 16.5 Å². The van der Waals surface area contributed by atoms with Crippen molar-refractivity contribution in [1.29, 1.82) is 0 Å². The number of rotatable bonds is 2. The van der Waals surface area contributed by atoms with Crippen molar-refractivity contribution in [2.24, 2.45) is 0 Å². The molecule has 1 amide bonds. The van der Waals surface area contributed by atoms with Gasteiger partial charge in [0, 0.05) is 31.3 Å². The molecule has 1 aliphatic heterocycles. The second-order valence-electron chi connectivity index (χ2n) is 5.17. The molecule has 1 N–H and O–H groups in total. The highest BCUT2D eigenvalue weighted by atomic mass is 35.5. The molecule has 6 heteroatoms. The van der Waals surface area contributed by atoms with Crippen molar-refractivity contribution in [3.63, 3.8) is 0 Å². The third-order valence-corrected chi connectivity index (χ3v) is 3.87. The molecule has 5 nitrogen and oxygen atoms in total. The van der Waals surface area contributed by atoms with Gasteiger partial charge in [0.2, 0.25) is 0 Å². The fourth-order valence-electron chi connectivity index (χ4n) is 2.52. The number of likely N-dealkylation sites (tertiary alicyclic amines) is 1. The van der Waals surface area contributed by atoms with E-state index in [1.54, 1.807) is 12.1 Å². The van der Waals surface area contributed by atoms with Crippen LogP contribution in [0, 0.1) is 0 Å². The van der Waals surface area contributed by atoms with Crippen molar-refractivity contribution in [2.45, 2.75) is 12.5 Å². The van der Waals surface area contributed by atoms with Gasteiger partial charge in [0.15, 0.2) is 10.8 Å². The summed E-state index contributed by atoms with van der Waals surface area (Å²) in [6, 6.07) is 3.84. The fourth-order valence-corrected chi connectivity index (χ4v) is 2.72. The van der Waals surface area contributed by atoms with Gasteiger partial charge in [0.05, 0.1) is 5.52 Å². The zero-order chi connectivity index (χ0) is 13.6. The number of H-pyrrole nitrogens is 1. The normalized spacial score (nSPS) is 19.8. The van der Waals surface area contributed by atoms with E-state index in [9.17, 15) is 4.79 Å². The predicted octanol–water partition coefficient (Wildman–Crippen LogP) is 2.19. The summed E-state index contributed by atoms with van der Waals surface area (Å²) in [4.78, 5) is 19.5. The zero-order valence-corrected chi connectivity index (χ0v) is 11.7. The van der Waals surface area contributed by atoms with Crippen molar-refractivity contribution in [3.05, 3.63) is 23.0 Å². The minimum absolute atomic E-state index is 0.0203. The average molecular weight is 282 g/mol. The Morgan fingerprint density at radius 1 is 1.53 bits per heavy atom. The highest BCUT2D eigenvalue weighted by Crippen LogP contribution is 2.24. The fraction of sp³-hybridized carbons (Fsp3) is 0.462. The molecular formula is C13H16ClN3O2. The molecule has 3 heterocycles. The van der Waals surface area contributed by atoms with Crippen molar-refractivity contribution < 1.29 is 9.21 Å². The number of amides is 1. The Morgan fingerprint density at radius 3 is 2.95 bits per heavy atom. The zero-order valence-electron chi connectivity index (χ0n) is 10.9. The van der Waals surface area contributed by atoms with E-state index in [-0.39, 0.29) is 5.91 Å². The van der Waals surface area contributed by atoms with Gasteiger partial charge in [-0.25, -0.2) is 0 Å². The summed E-state index contributed by atoms with van der Waals surface area (Å²) in [5.74, 6) is 0.0203. The molecule has 1 saturated heterocycles. The Morgan fingerprint density at radius 2 is 2.32 bits per heavy atom. The summed E-state index contributed by atoms with van der Waals surface area (Å²) in [6.45, 7) is 1.57. The topological polar surface area (TPSA) is 52.5 Å². The second kappa shape index (κ2) is 4.58. The molecule has 2 aromatic rings. The Kier molecular flexibility index (Phi) is 3.03. The van der Waals surface area contributed by atoms with E-state index in [4.69, 9.17) is 16.0 Å². The van der Waals surface area contributed by atoms with Gasteiger partial charge >= 0.3 is 0 Å². The number of carbonyl (C=O) groups excluding carboxylic acids is 1. The van der Waals surface area contributed by atoms with Crippen LogP contribution in [0.25, 0.3) is 11.1 Å². The predicted molar refractivity (Wildman–Crippen MR) is 73.6 cm³/mol. The monoisotopic (exact) mass is 281 g/mol.